The average Bonchev–Trinajstić information content (AvgIpc) is 3.36. The molecule has 0 aliphatic carbocycles. The van der Waals surface area contributed by atoms with Gasteiger partial charge in [0.1, 0.15) is 5.82 Å². The molecular weight excluding hydrogens is 433 g/mol. The number of carbonyl (C=O) groups excluding carboxylic acids is 1. The summed E-state index contributed by atoms with van der Waals surface area (Å²) in [4.78, 5) is 21.0. The van der Waals surface area contributed by atoms with Crippen molar-refractivity contribution >= 4 is 17.4 Å². The number of rotatable bonds is 4. The highest BCUT2D eigenvalue weighted by Crippen LogP contribution is 2.25. The molecule has 172 valence electrons. The van der Waals surface area contributed by atoms with Gasteiger partial charge in [0.25, 0.3) is 5.89 Å². The summed E-state index contributed by atoms with van der Waals surface area (Å²) in [5.41, 5.74) is 4.60. The van der Waals surface area contributed by atoms with Crippen LogP contribution in [0.4, 0.5) is 20.6 Å². The molecule has 7 nitrogen and oxygen atoms in total. The Kier molecular flexibility index (Phi) is 5.95. The minimum absolute atomic E-state index is 0.178. The molecule has 0 bridgehead atoms. The summed E-state index contributed by atoms with van der Waals surface area (Å²) in [6.45, 7) is 4.66. The van der Waals surface area contributed by atoms with Crippen molar-refractivity contribution in [2.45, 2.75) is 6.92 Å². The van der Waals surface area contributed by atoms with Gasteiger partial charge in [-0.25, -0.2) is 9.18 Å². The highest BCUT2D eigenvalue weighted by molar-refractivity contribution is 5.89. The first-order valence-electron chi connectivity index (χ1n) is 11.1. The van der Waals surface area contributed by atoms with E-state index in [9.17, 15) is 9.18 Å². The van der Waals surface area contributed by atoms with Gasteiger partial charge >= 0.3 is 6.03 Å². The van der Waals surface area contributed by atoms with Crippen LogP contribution in [0.2, 0.25) is 0 Å². The van der Waals surface area contributed by atoms with Crippen LogP contribution in [-0.4, -0.2) is 47.3 Å². The van der Waals surface area contributed by atoms with Gasteiger partial charge in [-0.15, -0.1) is 0 Å². The zero-order valence-electron chi connectivity index (χ0n) is 18.7. The van der Waals surface area contributed by atoms with Crippen molar-refractivity contribution < 1.29 is 13.7 Å². The lowest BCUT2D eigenvalue weighted by Crippen LogP contribution is -2.50. The molecular formula is C26H24FN5O2. The number of piperazine rings is 1. The Morgan fingerprint density at radius 2 is 1.53 bits per heavy atom. The van der Waals surface area contributed by atoms with E-state index in [-0.39, 0.29) is 11.8 Å². The molecule has 1 aromatic heterocycles. The predicted octanol–water partition coefficient (Wildman–Crippen LogP) is 5.21. The number of aryl methyl sites for hydroxylation is 1. The Morgan fingerprint density at radius 1 is 0.882 bits per heavy atom. The molecule has 0 atom stereocenters. The number of urea groups is 1. The van der Waals surface area contributed by atoms with Gasteiger partial charge in [0, 0.05) is 48.7 Å². The van der Waals surface area contributed by atoms with Crippen molar-refractivity contribution in [2.24, 2.45) is 0 Å². The first kappa shape index (κ1) is 21.6. The van der Waals surface area contributed by atoms with E-state index < -0.39 is 0 Å². The number of nitrogens with one attached hydrogen (secondary N) is 1. The molecule has 1 aliphatic heterocycles. The maximum Gasteiger partial charge on any atom is 0.321 e. The summed E-state index contributed by atoms with van der Waals surface area (Å²) in [7, 11) is 0. The van der Waals surface area contributed by atoms with Gasteiger partial charge < -0.3 is 19.6 Å². The Bertz CT molecular complexity index is 1260. The maximum atomic E-state index is 13.0. The van der Waals surface area contributed by atoms with Crippen molar-refractivity contribution in [1.29, 1.82) is 0 Å². The normalized spacial score (nSPS) is 13.7. The summed E-state index contributed by atoms with van der Waals surface area (Å²) < 4.78 is 18.5. The zero-order valence-corrected chi connectivity index (χ0v) is 18.7. The smallest absolute Gasteiger partial charge is 0.321 e. The minimum Gasteiger partial charge on any atom is -0.368 e. The van der Waals surface area contributed by atoms with E-state index >= 15 is 0 Å². The van der Waals surface area contributed by atoms with Crippen molar-refractivity contribution in [2.75, 3.05) is 36.4 Å². The molecule has 2 heterocycles. The van der Waals surface area contributed by atoms with Gasteiger partial charge in [-0.3, -0.25) is 0 Å². The third-order valence-electron chi connectivity index (χ3n) is 5.88. The van der Waals surface area contributed by atoms with Gasteiger partial charge in [0.2, 0.25) is 5.82 Å². The monoisotopic (exact) mass is 457 g/mol. The summed E-state index contributed by atoms with van der Waals surface area (Å²) in [5, 5.41) is 6.94. The van der Waals surface area contributed by atoms with E-state index in [1.807, 2.05) is 55.5 Å². The highest BCUT2D eigenvalue weighted by atomic mass is 19.1. The predicted molar refractivity (Wildman–Crippen MR) is 129 cm³/mol. The Hall–Kier alpha value is -4.20. The number of carbonyl (C=O) groups is 1. The number of nitrogens with zero attached hydrogens (tertiary/aromatic N) is 4. The van der Waals surface area contributed by atoms with Crippen LogP contribution in [-0.2, 0) is 0 Å². The number of hydrogen-bond acceptors (Lipinski definition) is 5. The fourth-order valence-electron chi connectivity index (χ4n) is 3.88. The average molecular weight is 458 g/mol. The molecule has 34 heavy (non-hydrogen) atoms. The molecule has 1 saturated heterocycles. The first-order chi connectivity index (χ1) is 16.5. The molecule has 0 saturated carbocycles. The zero-order chi connectivity index (χ0) is 23.5. The van der Waals surface area contributed by atoms with Crippen LogP contribution in [0.15, 0.2) is 77.3 Å². The molecule has 8 heteroatoms. The van der Waals surface area contributed by atoms with E-state index in [1.54, 1.807) is 17.0 Å². The van der Waals surface area contributed by atoms with Gasteiger partial charge in [-0.05, 0) is 67.6 Å². The fourth-order valence-corrected chi connectivity index (χ4v) is 3.88. The molecule has 0 spiro atoms. The molecule has 0 radical (unpaired) electrons. The van der Waals surface area contributed by atoms with E-state index in [1.165, 1.54) is 17.7 Å². The lowest BCUT2D eigenvalue weighted by Gasteiger charge is -2.36. The van der Waals surface area contributed by atoms with E-state index in [2.05, 4.69) is 20.4 Å². The fraction of sp³-hybridized carbons (Fsp3) is 0.192. The quantitative estimate of drug-likeness (QED) is 0.456. The van der Waals surface area contributed by atoms with Gasteiger partial charge in [-0.1, -0.05) is 22.9 Å². The molecule has 1 fully saturated rings. The SMILES string of the molecule is Cc1ccc(-c2nc(-c3ccc(N4CCN(C(=O)Nc5ccc(F)cc5)CC4)cc3)no2)cc1. The number of halogens is 1. The van der Waals surface area contributed by atoms with Crippen LogP contribution >= 0.6 is 0 Å². The number of aromatic nitrogens is 2. The molecule has 2 amide bonds. The second-order valence-electron chi connectivity index (χ2n) is 8.25. The largest absolute Gasteiger partial charge is 0.368 e. The minimum atomic E-state index is -0.330. The van der Waals surface area contributed by atoms with Crippen molar-refractivity contribution in [3.63, 3.8) is 0 Å². The molecule has 1 N–H and O–H groups in total. The van der Waals surface area contributed by atoms with Crippen LogP contribution in [0.25, 0.3) is 22.8 Å². The van der Waals surface area contributed by atoms with Crippen LogP contribution < -0.4 is 10.2 Å². The standard InChI is InChI=1S/C26H24FN5O2/c1-18-2-4-20(5-3-18)25-29-24(30-34-25)19-6-12-23(13-7-19)31-14-16-32(17-15-31)26(33)28-22-10-8-21(27)9-11-22/h2-13H,14-17H2,1H3,(H,28,33). The molecule has 0 unspecified atom stereocenters. The lowest BCUT2D eigenvalue weighted by molar-refractivity contribution is 0.208. The summed E-state index contributed by atoms with van der Waals surface area (Å²) in [5.74, 6) is 0.710. The molecule has 1 aliphatic rings. The van der Waals surface area contributed by atoms with Crippen molar-refractivity contribution in [1.82, 2.24) is 15.0 Å². The van der Waals surface area contributed by atoms with E-state index in [0.29, 0.717) is 30.5 Å². The summed E-state index contributed by atoms with van der Waals surface area (Å²) >= 11 is 0. The van der Waals surface area contributed by atoms with Crippen LogP contribution in [0.1, 0.15) is 5.56 Å². The van der Waals surface area contributed by atoms with E-state index in [0.717, 1.165) is 29.9 Å². The Morgan fingerprint density at radius 3 is 2.21 bits per heavy atom. The third kappa shape index (κ3) is 4.76. The lowest BCUT2D eigenvalue weighted by atomic mass is 10.1. The van der Waals surface area contributed by atoms with Gasteiger partial charge in [-0.2, -0.15) is 4.98 Å². The number of amides is 2. The van der Waals surface area contributed by atoms with Crippen LogP contribution in [0.3, 0.4) is 0 Å². The number of anilines is 2. The molecule has 5 rings (SSSR count). The topological polar surface area (TPSA) is 74.5 Å². The second-order valence-corrected chi connectivity index (χ2v) is 8.25. The van der Waals surface area contributed by atoms with Crippen molar-refractivity contribution in [3.8, 4) is 22.8 Å². The number of hydrogen-bond donors (Lipinski definition) is 1. The van der Waals surface area contributed by atoms with Gasteiger partial charge in [0.15, 0.2) is 0 Å². The summed E-state index contributed by atoms with van der Waals surface area (Å²) in [6, 6.07) is 21.6. The highest BCUT2D eigenvalue weighted by Gasteiger charge is 2.21. The Labute approximate surface area is 196 Å². The second kappa shape index (κ2) is 9.35. The summed E-state index contributed by atoms with van der Waals surface area (Å²) in [6.07, 6.45) is 0. The van der Waals surface area contributed by atoms with Crippen LogP contribution in [0, 0.1) is 12.7 Å². The first-order valence-corrected chi connectivity index (χ1v) is 11.1. The van der Waals surface area contributed by atoms with E-state index in [4.69, 9.17) is 4.52 Å². The molecule has 3 aromatic carbocycles. The van der Waals surface area contributed by atoms with Crippen LogP contribution in [0.5, 0.6) is 0 Å². The maximum absolute atomic E-state index is 13.0. The van der Waals surface area contributed by atoms with Gasteiger partial charge in [0.05, 0.1) is 0 Å². The Balaban J connectivity index is 1.18. The number of benzene rings is 3. The third-order valence-corrected chi connectivity index (χ3v) is 5.88. The van der Waals surface area contributed by atoms with Crippen molar-refractivity contribution in [3.05, 3.63) is 84.2 Å². The molecule has 4 aromatic rings.